The molecule has 1 aromatic heterocycles. The van der Waals surface area contributed by atoms with Gasteiger partial charge >= 0.3 is 6.01 Å². The number of methoxy groups -OCH3 is 1. The van der Waals surface area contributed by atoms with Crippen LogP contribution in [0.2, 0.25) is 0 Å². The zero-order valence-corrected chi connectivity index (χ0v) is 10.4. The van der Waals surface area contributed by atoms with Gasteiger partial charge in [0.1, 0.15) is 0 Å². The molecule has 2 rings (SSSR count). The van der Waals surface area contributed by atoms with E-state index in [-0.39, 0.29) is 6.10 Å². The maximum Gasteiger partial charge on any atom is 0.318 e. The van der Waals surface area contributed by atoms with E-state index >= 15 is 0 Å². The summed E-state index contributed by atoms with van der Waals surface area (Å²) in [5.74, 6) is 1.18. The van der Waals surface area contributed by atoms with Crippen LogP contribution in [0.4, 0.5) is 6.01 Å². The molecule has 1 aromatic rings. The smallest absolute Gasteiger partial charge is 0.318 e. The predicted octanol–water partition coefficient (Wildman–Crippen LogP) is 0.432. The van der Waals surface area contributed by atoms with E-state index in [1.165, 1.54) is 0 Å². The van der Waals surface area contributed by atoms with Gasteiger partial charge in [-0.2, -0.15) is 0 Å². The van der Waals surface area contributed by atoms with E-state index in [0.29, 0.717) is 30.8 Å². The van der Waals surface area contributed by atoms with Crippen LogP contribution >= 0.6 is 0 Å². The van der Waals surface area contributed by atoms with Crippen molar-refractivity contribution in [3.63, 3.8) is 0 Å². The first-order chi connectivity index (χ1) is 8.24. The monoisotopic (exact) mass is 240 g/mol. The van der Waals surface area contributed by atoms with Crippen molar-refractivity contribution in [2.75, 3.05) is 31.6 Å². The van der Waals surface area contributed by atoms with E-state index in [1.807, 2.05) is 0 Å². The summed E-state index contributed by atoms with van der Waals surface area (Å²) >= 11 is 0. The summed E-state index contributed by atoms with van der Waals surface area (Å²) in [6.07, 6.45) is 1.94. The number of ether oxygens (including phenoxy) is 1. The largest absolute Gasteiger partial charge is 0.408 e. The van der Waals surface area contributed by atoms with Gasteiger partial charge in [-0.15, -0.1) is 5.10 Å². The Morgan fingerprint density at radius 1 is 1.53 bits per heavy atom. The van der Waals surface area contributed by atoms with Gasteiger partial charge in [-0.1, -0.05) is 12.0 Å². The maximum absolute atomic E-state index is 5.56. The third kappa shape index (κ3) is 2.76. The molecule has 96 valence electrons. The fraction of sp³-hybridized carbons (Fsp3) is 0.818. The van der Waals surface area contributed by atoms with Crippen LogP contribution in [0.3, 0.4) is 0 Å². The molecular formula is C11H20N4O2. The van der Waals surface area contributed by atoms with Crippen molar-refractivity contribution in [3.05, 3.63) is 5.89 Å². The lowest BCUT2D eigenvalue weighted by molar-refractivity contribution is 0.0485. The number of aromatic nitrogens is 2. The summed E-state index contributed by atoms with van der Waals surface area (Å²) in [6, 6.07) is 0.586. The molecule has 17 heavy (non-hydrogen) atoms. The summed E-state index contributed by atoms with van der Waals surface area (Å²) < 4.78 is 11.0. The first-order valence-electron chi connectivity index (χ1n) is 6.04. The molecule has 2 unspecified atom stereocenters. The van der Waals surface area contributed by atoms with Gasteiger partial charge in [0, 0.05) is 33.2 Å². The van der Waals surface area contributed by atoms with Crippen molar-refractivity contribution in [2.45, 2.75) is 25.9 Å². The third-order valence-electron chi connectivity index (χ3n) is 3.28. The van der Waals surface area contributed by atoms with Gasteiger partial charge < -0.3 is 19.8 Å². The van der Waals surface area contributed by atoms with E-state index in [0.717, 1.165) is 19.5 Å². The molecule has 2 heterocycles. The normalized spacial score (nSPS) is 25.2. The Bertz CT molecular complexity index is 355. The number of rotatable bonds is 4. The molecule has 1 aliphatic rings. The first-order valence-corrected chi connectivity index (χ1v) is 6.04. The minimum atomic E-state index is 0.230. The van der Waals surface area contributed by atoms with E-state index in [1.54, 1.807) is 7.11 Å². The van der Waals surface area contributed by atoms with Gasteiger partial charge in [-0.3, -0.25) is 0 Å². The van der Waals surface area contributed by atoms with Gasteiger partial charge in [-0.05, 0) is 12.3 Å². The topological polar surface area (TPSA) is 77.4 Å². The van der Waals surface area contributed by atoms with Crippen LogP contribution < -0.4 is 10.6 Å². The van der Waals surface area contributed by atoms with E-state index in [4.69, 9.17) is 14.9 Å². The summed E-state index contributed by atoms with van der Waals surface area (Å²) in [7, 11) is 1.75. The van der Waals surface area contributed by atoms with Crippen LogP contribution in [0.25, 0.3) is 0 Å². The number of hydrogen-bond donors (Lipinski definition) is 1. The minimum Gasteiger partial charge on any atom is -0.408 e. The molecule has 0 spiro atoms. The van der Waals surface area contributed by atoms with Crippen molar-refractivity contribution in [2.24, 2.45) is 11.7 Å². The second kappa shape index (κ2) is 5.46. The molecule has 2 atom stereocenters. The van der Waals surface area contributed by atoms with Crippen molar-refractivity contribution in [1.29, 1.82) is 0 Å². The quantitative estimate of drug-likeness (QED) is 0.822. The molecule has 2 N–H and O–H groups in total. The van der Waals surface area contributed by atoms with Crippen LogP contribution in [-0.4, -0.2) is 43.0 Å². The summed E-state index contributed by atoms with van der Waals surface area (Å²) in [5.41, 5.74) is 5.45. The SMILES string of the molecule is COC1CN(c2nnc(CCN)o2)CCC1C. The Balaban J connectivity index is 2.01. The number of hydrogen-bond acceptors (Lipinski definition) is 6. The van der Waals surface area contributed by atoms with Crippen LogP contribution in [0.5, 0.6) is 0 Å². The molecule has 0 aliphatic carbocycles. The van der Waals surface area contributed by atoms with Gasteiger partial charge in [0.25, 0.3) is 0 Å². The van der Waals surface area contributed by atoms with Crippen molar-refractivity contribution >= 4 is 6.01 Å². The molecule has 6 nitrogen and oxygen atoms in total. The Kier molecular flexibility index (Phi) is 3.96. The molecule has 1 saturated heterocycles. The number of piperidine rings is 1. The minimum absolute atomic E-state index is 0.230. The second-order valence-electron chi connectivity index (χ2n) is 4.50. The van der Waals surface area contributed by atoms with Gasteiger partial charge in [-0.25, -0.2) is 0 Å². The molecule has 1 aliphatic heterocycles. The second-order valence-corrected chi connectivity index (χ2v) is 4.50. The van der Waals surface area contributed by atoms with Gasteiger partial charge in [0.15, 0.2) is 0 Å². The number of anilines is 1. The Labute approximate surface area is 101 Å². The van der Waals surface area contributed by atoms with Crippen LogP contribution in [0.1, 0.15) is 19.2 Å². The van der Waals surface area contributed by atoms with Gasteiger partial charge in [0.2, 0.25) is 5.89 Å². The maximum atomic E-state index is 5.56. The predicted molar refractivity (Wildman–Crippen MR) is 63.8 cm³/mol. The lowest BCUT2D eigenvalue weighted by Crippen LogP contribution is -2.44. The van der Waals surface area contributed by atoms with Crippen molar-refractivity contribution in [3.8, 4) is 0 Å². The fourth-order valence-electron chi connectivity index (χ4n) is 2.11. The average Bonchev–Trinajstić information content (AvgIpc) is 2.79. The lowest BCUT2D eigenvalue weighted by atomic mass is 9.96. The fourth-order valence-corrected chi connectivity index (χ4v) is 2.11. The van der Waals surface area contributed by atoms with E-state index < -0.39 is 0 Å². The first kappa shape index (κ1) is 12.3. The number of nitrogens with two attached hydrogens (primary N) is 1. The van der Waals surface area contributed by atoms with E-state index in [9.17, 15) is 0 Å². The molecule has 1 fully saturated rings. The molecule has 0 amide bonds. The zero-order chi connectivity index (χ0) is 12.3. The molecule has 0 bridgehead atoms. The number of nitrogens with zero attached hydrogens (tertiary/aromatic N) is 3. The average molecular weight is 240 g/mol. The molecule has 0 aromatic carbocycles. The highest BCUT2D eigenvalue weighted by molar-refractivity contribution is 5.25. The molecular weight excluding hydrogens is 220 g/mol. The van der Waals surface area contributed by atoms with E-state index in [2.05, 4.69) is 22.0 Å². The highest BCUT2D eigenvalue weighted by Crippen LogP contribution is 2.23. The van der Waals surface area contributed by atoms with Crippen LogP contribution in [-0.2, 0) is 11.2 Å². The lowest BCUT2D eigenvalue weighted by Gasteiger charge is -2.34. The Morgan fingerprint density at radius 2 is 2.35 bits per heavy atom. The Hall–Kier alpha value is -1.14. The van der Waals surface area contributed by atoms with Crippen LogP contribution in [0.15, 0.2) is 4.42 Å². The highest BCUT2D eigenvalue weighted by atomic mass is 16.5. The summed E-state index contributed by atoms with van der Waals surface area (Å²) in [4.78, 5) is 2.08. The standard InChI is InChI=1S/C11H20N4O2/c1-8-4-6-15(7-9(8)16-2)11-14-13-10(17-11)3-5-12/h8-9H,3-7,12H2,1-2H3. The molecule has 6 heteroatoms. The van der Waals surface area contributed by atoms with Crippen molar-refractivity contribution < 1.29 is 9.15 Å². The summed E-state index contributed by atoms with van der Waals surface area (Å²) in [5, 5.41) is 8.02. The Morgan fingerprint density at radius 3 is 3.06 bits per heavy atom. The summed E-state index contributed by atoms with van der Waals surface area (Å²) in [6.45, 7) is 4.48. The third-order valence-corrected chi connectivity index (χ3v) is 3.28. The van der Waals surface area contributed by atoms with Gasteiger partial charge in [0.05, 0.1) is 6.10 Å². The highest BCUT2D eigenvalue weighted by Gasteiger charge is 2.28. The van der Waals surface area contributed by atoms with Crippen LogP contribution in [0, 0.1) is 5.92 Å². The molecule has 0 saturated carbocycles. The molecule has 0 radical (unpaired) electrons. The van der Waals surface area contributed by atoms with Crippen molar-refractivity contribution in [1.82, 2.24) is 10.2 Å². The zero-order valence-electron chi connectivity index (χ0n) is 10.4.